The molecule has 1 saturated heterocycles. The summed E-state index contributed by atoms with van der Waals surface area (Å²) in [6, 6.07) is 0. The van der Waals surface area contributed by atoms with Gasteiger partial charge in [0.2, 0.25) is 0 Å². The molecule has 1 aliphatic heterocycles. The van der Waals surface area contributed by atoms with E-state index in [1.807, 2.05) is 0 Å². The molecule has 5 nitrogen and oxygen atoms in total. The highest BCUT2D eigenvalue weighted by Gasteiger charge is 2.64. The Bertz CT molecular complexity index is 379. The first-order valence-electron chi connectivity index (χ1n) is 8.46. The van der Waals surface area contributed by atoms with Crippen molar-refractivity contribution < 1.29 is 19.7 Å². The van der Waals surface area contributed by atoms with Gasteiger partial charge in [-0.15, -0.1) is 0 Å². The summed E-state index contributed by atoms with van der Waals surface area (Å²) in [5, 5.41) is 18.4. The van der Waals surface area contributed by atoms with Crippen molar-refractivity contribution in [3.05, 3.63) is 11.4 Å². The molecule has 0 unspecified atom stereocenters. The molecule has 0 aromatic rings. The molecular formula is C17H29NO4. The smallest absolute Gasteiger partial charge is 0.363 e. The van der Waals surface area contributed by atoms with Crippen molar-refractivity contribution in [2.45, 2.75) is 95.5 Å². The van der Waals surface area contributed by atoms with Gasteiger partial charge in [-0.05, 0) is 12.8 Å². The van der Waals surface area contributed by atoms with Gasteiger partial charge in [0.05, 0.1) is 6.10 Å². The fraction of sp³-hybridized carbons (Fsp3) is 0.882. The van der Waals surface area contributed by atoms with Crippen LogP contribution in [-0.2, 0) is 9.53 Å². The Labute approximate surface area is 133 Å². The molecule has 0 aliphatic carbocycles. The normalized spacial score (nSPS) is 24.7. The van der Waals surface area contributed by atoms with Crippen LogP contribution >= 0.6 is 0 Å². The fourth-order valence-electron chi connectivity index (χ4n) is 2.77. The Balaban J connectivity index is 1.83. The average molecular weight is 311 g/mol. The lowest BCUT2D eigenvalue weighted by molar-refractivity contribution is -0.137. The Morgan fingerprint density at radius 3 is 2.09 bits per heavy atom. The van der Waals surface area contributed by atoms with Crippen LogP contribution in [-0.4, -0.2) is 34.1 Å². The van der Waals surface area contributed by atoms with Crippen molar-refractivity contribution in [1.29, 1.82) is 0 Å². The largest absolute Gasteiger partial charge is 0.481 e. The number of hydrogen-bond acceptors (Lipinski definition) is 3. The third-order valence-corrected chi connectivity index (χ3v) is 4.30. The number of hydrogen-bond donors (Lipinski definition) is 2. The monoisotopic (exact) mass is 311 g/mol. The van der Waals surface area contributed by atoms with E-state index in [2.05, 4.69) is 4.85 Å². The lowest BCUT2D eigenvalue weighted by Crippen LogP contribution is -2.20. The molecule has 0 aromatic carbocycles. The highest BCUT2D eigenvalue weighted by Crippen LogP contribution is 2.40. The van der Waals surface area contributed by atoms with Crippen LogP contribution in [0.3, 0.4) is 0 Å². The van der Waals surface area contributed by atoms with Gasteiger partial charge in [-0.3, -0.25) is 14.4 Å². The zero-order valence-corrected chi connectivity index (χ0v) is 13.6. The Morgan fingerprint density at radius 1 is 1.14 bits per heavy atom. The van der Waals surface area contributed by atoms with Crippen LogP contribution in [0.25, 0.3) is 4.85 Å². The highest BCUT2D eigenvalue weighted by atomic mass is 16.6. The first kappa shape index (κ1) is 18.9. The number of nitrogens with zero attached hydrogens (tertiary/aromatic N) is 1. The average Bonchev–Trinajstić information content (AvgIpc) is 3.17. The van der Waals surface area contributed by atoms with Gasteiger partial charge in [-0.2, -0.15) is 0 Å². The summed E-state index contributed by atoms with van der Waals surface area (Å²) in [6.45, 7) is 8.70. The van der Waals surface area contributed by atoms with Gasteiger partial charge in [0, 0.05) is 13.3 Å². The summed E-state index contributed by atoms with van der Waals surface area (Å²) < 4.78 is 5.23. The van der Waals surface area contributed by atoms with Crippen molar-refractivity contribution in [3.8, 4) is 0 Å². The van der Waals surface area contributed by atoms with E-state index in [9.17, 15) is 9.90 Å². The third-order valence-electron chi connectivity index (χ3n) is 4.30. The molecule has 126 valence electrons. The molecule has 0 aromatic heterocycles. The van der Waals surface area contributed by atoms with Gasteiger partial charge >= 0.3 is 11.7 Å². The Kier molecular flexibility index (Phi) is 8.44. The van der Waals surface area contributed by atoms with Crippen LogP contribution in [0.4, 0.5) is 0 Å². The summed E-state index contributed by atoms with van der Waals surface area (Å²) in [7, 11) is 0. The second kappa shape index (κ2) is 9.81. The zero-order chi connectivity index (χ0) is 16.4. The van der Waals surface area contributed by atoms with E-state index in [1.54, 1.807) is 6.92 Å². The number of rotatable bonds is 13. The van der Waals surface area contributed by atoms with Gasteiger partial charge < -0.3 is 10.2 Å². The fourth-order valence-corrected chi connectivity index (χ4v) is 2.77. The number of unbranched alkanes of at least 4 members (excludes halogenated alkanes) is 8. The molecule has 22 heavy (non-hydrogen) atoms. The van der Waals surface area contributed by atoms with Crippen LogP contribution in [0.15, 0.2) is 0 Å². The number of aliphatic hydroxyl groups is 1. The van der Waals surface area contributed by atoms with Crippen LogP contribution in [0.5, 0.6) is 0 Å². The molecule has 3 atom stereocenters. The molecule has 0 saturated carbocycles. The van der Waals surface area contributed by atoms with Gasteiger partial charge in [0.1, 0.15) is 0 Å². The lowest BCUT2D eigenvalue weighted by atomic mass is 10.0. The number of aliphatic hydroxyl groups excluding tert-OH is 1. The first-order chi connectivity index (χ1) is 10.5. The molecule has 0 bridgehead atoms. The lowest BCUT2D eigenvalue weighted by Gasteiger charge is -2.06. The van der Waals surface area contributed by atoms with E-state index in [-0.39, 0.29) is 6.10 Å². The molecule has 1 rings (SSSR count). The van der Waals surface area contributed by atoms with Crippen molar-refractivity contribution in [1.82, 2.24) is 0 Å². The van der Waals surface area contributed by atoms with Gasteiger partial charge in [0.25, 0.3) is 0 Å². The third kappa shape index (κ3) is 7.24. The standard InChI is InChI=1S/C17H29NO4/c1-17(18-2)16(22-17)14(19)12-10-8-6-4-3-5-7-9-11-13-15(20)21/h14,16,19H,3-13H2,1H3,(H,20,21)/t14-,16-,17+/m0/s1. The molecule has 1 aliphatic rings. The van der Waals surface area contributed by atoms with Crippen LogP contribution in [0, 0.1) is 6.57 Å². The summed E-state index contributed by atoms with van der Waals surface area (Å²) in [5.41, 5.74) is -0.778. The Morgan fingerprint density at radius 2 is 1.64 bits per heavy atom. The number of carboxylic acids is 1. The molecular weight excluding hydrogens is 282 g/mol. The molecule has 1 fully saturated rings. The minimum atomic E-state index is -0.778. The van der Waals surface area contributed by atoms with E-state index in [4.69, 9.17) is 16.4 Å². The SMILES string of the molecule is [C-]#[N+][C@]1(C)O[C@H]1[C@@H](O)CCCCCCCCCCCC(=O)O. The Hall–Kier alpha value is -1.12. The minimum Gasteiger partial charge on any atom is -0.481 e. The number of epoxide rings is 1. The van der Waals surface area contributed by atoms with E-state index in [0.717, 1.165) is 32.1 Å². The van der Waals surface area contributed by atoms with Crippen molar-refractivity contribution in [2.75, 3.05) is 0 Å². The number of ether oxygens (including phenoxy) is 1. The molecule has 0 radical (unpaired) electrons. The van der Waals surface area contributed by atoms with Crippen molar-refractivity contribution >= 4 is 5.97 Å². The molecule has 0 amide bonds. The topological polar surface area (TPSA) is 74.4 Å². The van der Waals surface area contributed by atoms with Crippen molar-refractivity contribution in [2.24, 2.45) is 0 Å². The van der Waals surface area contributed by atoms with Crippen LogP contribution in [0.2, 0.25) is 0 Å². The number of carboxylic acid groups (broad SMARTS) is 1. The maximum absolute atomic E-state index is 10.3. The van der Waals surface area contributed by atoms with E-state index >= 15 is 0 Å². The van der Waals surface area contributed by atoms with Crippen LogP contribution in [0.1, 0.15) is 77.6 Å². The highest BCUT2D eigenvalue weighted by molar-refractivity contribution is 5.66. The maximum atomic E-state index is 10.3. The first-order valence-corrected chi connectivity index (χ1v) is 8.46. The van der Waals surface area contributed by atoms with Gasteiger partial charge in [0.15, 0.2) is 6.10 Å². The van der Waals surface area contributed by atoms with E-state index in [1.165, 1.54) is 25.7 Å². The number of carbonyl (C=O) groups is 1. The molecule has 0 spiro atoms. The maximum Gasteiger partial charge on any atom is 0.363 e. The quantitative estimate of drug-likeness (QED) is 0.308. The van der Waals surface area contributed by atoms with Gasteiger partial charge in [-0.25, -0.2) is 6.57 Å². The predicted octanol–water partition coefficient (Wildman–Crippen LogP) is 3.76. The molecule has 1 heterocycles. The van der Waals surface area contributed by atoms with E-state index < -0.39 is 17.8 Å². The number of aliphatic carboxylic acids is 1. The van der Waals surface area contributed by atoms with E-state index in [0.29, 0.717) is 12.8 Å². The summed E-state index contributed by atoms with van der Waals surface area (Å²) in [5.74, 6) is -0.699. The summed E-state index contributed by atoms with van der Waals surface area (Å²) in [4.78, 5) is 13.7. The molecule has 2 N–H and O–H groups in total. The zero-order valence-electron chi connectivity index (χ0n) is 13.6. The van der Waals surface area contributed by atoms with Crippen molar-refractivity contribution in [3.63, 3.8) is 0 Å². The van der Waals surface area contributed by atoms with Crippen LogP contribution < -0.4 is 0 Å². The minimum absolute atomic E-state index is 0.291. The summed E-state index contributed by atoms with van der Waals surface area (Å²) in [6.07, 6.45) is 9.99. The molecule has 5 heteroatoms. The second-order valence-electron chi connectivity index (χ2n) is 6.39. The predicted molar refractivity (Wildman–Crippen MR) is 84.3 cm³/mol. The summed E-state index contributed by atoms with van der Waals surface area (Å²) >= 11 is 0. The van der Waals surface area contributed by atoms with Gasteiger partial charge in [-0.1, -0.05) is 51.4 Å². The second-order valence-corrected chi connectivity index (χ2v) is 6.39.